The van der Waals surface area contributed by atoms with Crippen LogP contribution in [0.2, 0.25) is 0 Å². The highest BCUT2D eigenvalue weighted by atomic mass is 32.2. The van der Waals surface area contributed by atoms with Crippen LogP contribution in [-0.2, 0) is 9.84 Å². The Morgan fingerprint density at radius 3 is 2.64 bits per heavy atom. The smallest absolute Gasteiger partial charge is 0.151 e. The van der Waals surface area contributed by atoms with Gasteiger partial charge in [0, 0.05) is 13.1 Å². The second-order valence-electron chi connectivity index (χ2n) is 3.64. The van der Waals surface area contributed by atoms with E-state index in [1.165, 1.54) is 0 Å². The highest BCUT2D eigenvalue weighted by Crippen LogP contribution is 2.05. The van der Waals surface area contributed by atoms with Gasteiger partial charge in [-0.15, -0.1) is 0 Å². The van der Waals surface area contributed by atoms with Crippen LogP contribution in [0.25, 0.3) is 0 Å². The van der Waals surface area contributed by atoms with Gasteiger partial charge in [0.1, 0.15) is 0 Å². The Labute approximate surface area is 84.3 Å². The first-order chi connectivity index (χ1) is 6.53. The Morgan fingerprint density at radius 1 is 1.29 bits per heavy atom. The molecule has 1 atom stereocenters. The third-order valence-corrected chi connectivity index (χ3v) is 4.04. The molecule has 0 saturated carbocycles. The third kappa shape index (κ3) is 3.91. The third-order valence-electron chi connectivity index (χ3n) is 2.33. The van der Waals surface area contributed by atoms with Gasteiger partial charge in [0.25, 0.3) is 0 Å². The van der Waals surface area contributed by atoms with Gasteiger partial charge >= 0.3 is 0 Å². The summed E-state index contributed by atoms with van der Waals surface area (Å²) in [6, 6.07) is 0. The number of hydrogen-bond acceptors (Lipinski definition) is 5. The fourth-order valence-corrected chi connectivity index (χ4v) is 2.84. The van der Waals surface area contributed by atoms with Crippen LogP contribution in [-0.4, -0.2) is 67.4 Å². The van der Waals surface area contributed by atoms with E-state index in [1.807, 2.05) is 4.90 Å². The molecular formula is C8H17NO4S. The molecule has 1 fully saturated rings. The highest BCUT2D eigenvalue weighted by Gasteiger charge is 2.20. The predicted molar refractivity (Wildman–Crippen MR) is 52.8 cm³/mol. The number of rotatable bonds is 3. The van der Waals surface area contributed by atoms with Crippen molar-refractivity contribution in [3.8, 4) is 0 Å². The number of hydrogen-bond donors (Lipinski definition) is 2. The standard InChI is InChI=1S/C8H17NO4S/c10-7-8(11)6-9-2-1-4-14(12,13)5-3-9/h8,10-11H,1-7H2. The number of sulfone groups is 1. The van der Waals surface area contributed by atoms with Crippen molar-refractivity contribution in [3.63, 3.8) is 0 Å². The minimum Gasteiger partial charge on any atom is -0.394 e. The minimum atomic E-state index is -2.88. The minimum absolute atomic E-state index is 0.158. The van der Waals surface area contributed by atoms with E-state index >= 15 is 0 Å². The van der Waals surface area contributed by atoms with E-state index in [4.69, 9.17) is 5.11 Å². The largest absolute Gasteiger partial charge is 0.394 e. The Hall–Kier alpha value is -0.170. The van der Waals surface area contributed by atoms with Crippen LogP contribution in [0.15, 0.2) is 0 Å². The van der Waals surface area contributed by atoms with Crippen molar-refractivity contribution in [1.82, 2.24) is 4.90 Å². The molecule has 0 aromatic carbocycles. The lowest BCUT2D eigenvalue weighted by molar-refractivity contribution is 0.0615. The van der Waals surface area contributed by atoms with Gasteiger partial charge < -0.3 is 10.2 Å². The molecule has 0 aromatic heterocycles. The van der Waals surface area contributed by atoms with Gasteiger partial charge in [-0.2, -0.15) is 0 Å². The summed E-state index contributed by atoms with van der Waals surface area (Å²) in [4.78, 5) is 1.88. The molecule has 6 heteroatoms. The van der Waals surface area contributed by atoms with Gasteiger partial charge in [0.05, 0.1) is 24.2 Å². The first-order valence-electron chi connectivity index (χ1n) is 4.75. The van der Waals surface area contributed by atoms with Crippen molar-refractivity contribution < 1.29 is 18.6 Å². The zero-order valence-corrected chi connectivity index (χ0v) is 8.91. The molecule has 0 aliphatic carbocycles. The Balaban J connectivity index is 2.42. The molecule has 1 rings (SSSR count). The Morgan fingerprint density at radius 2 is 2.00 bits per heavy atom. The van der Waals surface area contributed by atoms with E-state index in [2.05, 4.69) is 0 Å². The molecule has 1 unspecified atom stereocenters. The molecule has 1 aliphatic rings. The van der Waals surface area contributed by atoms with Crippen LogP contribution in [0.1, 0.15) is 6.42 Å². The molecule has 1 saturated heterocycles. The summed E-state index contributed by atoms with van der Waals surface area (Å²) in [6.07, 6.45) is -0.156. The molecule has 1 heterocycles. The van der Waals surface area contributed by atoms with Gasteiger partial charge in [-0.25, -0.2) is 8.42 Å². The van der Waals surface area contributed by atoms with E-state index in [0.29, 0.717) is 26.1 Å². The summed E-state index contributed by atoms with van der Waals surface area (Å²) >= 11 is 0. The molecule has 84 valence electrons. The van der Waals surface area contributed by atoms with Crippen LogP contribution in [0, 0.1) is 0 Å². The van der Waals surface area contributed by atoms with Crippen molar-refractivity contribution in [2.45, 2.75) is 12.5 Å². The fraction of sp³-hybridized carbons (Fsp3) is 1.00. The van der Waals surface area contributed by atoms with E-state index in [-0.39, 0.29) is 18.1 Å². The molecule has 0 radical (unpaired) electrons. The fourth-order valence-electron chi connectivity index (χ4n) is 1.53. The summed E-state index contributed by atoms with van der Waals surface area (Å²) in [5.74, 6) is 0.393. The van der Waals surface area contributed by atoms with Crippen LogP contribution in [0.5, 0.6) is 0 Å². The second kappa shape index (κ2) is 5.06. The van der Waals surface area contributed by atoms with E-state index in [0.717, 1.165) is 0 Å². The SMILES string of the molecule is O=S1(=O)CCCN(CC(O)CO)CC1. The molecule has 14 heavy (non-hydrogen) atoms. The summed E-state index contributed by atoms with van der Waals surface area (Å²) in [5, 5.41) is 17.8. The average Bonchev–Trinajstić information content (AvgIpc) is 2.28. The van der Waals surface area contributed by atoms with E-state index in [9.17, 15) is 13.5 Å². The molecular weight excluding hydrogens is 206 g/mol. The lowest BCUT2D eigenvalue weighted by Gasteiger charge is -2.21. The molecule has 0 amide bonds. The van der Waals surface area contributed by atoms with E-state index in [1.54, 1.807) is 0 Å². The average molecular weight is 223 g/mol. The van der Waals surface area contributed by atoms with Crippen molar-refractivity contribution in [1.29, 1.82) is 0 Å². The van der Waals surface area contributed by atoms with Gasteiger partial charge in [-0.05, 0) is 13.0 Å². The quantitative estimate of drug-likeness (QED) is 0.606. The van der Waals surface area contributed by atoms with Crippen LogP contribution < -0.4 is 0 Å². The maximum Gasteiger partial charge on any atom is 0.151 e. The summed E-state index contributed by atoms with van der Waals surface area (Å²) in [5.41, 5.74) is 0. The number of nitrogens with zero attached hydrogens (tertiary/aromatic N) is 1. The zero-order valence-electron chi connectivity index (χ0n) is 8.09. The summed E-state index contributed by atoms with van der Waals surface area (Å²) in [6.45, 7) is 1.21. The predicted octanol–water partition coefficient (Wildman–Crippen LogP) is -1.54. The monoisotopic (exact) mass is 223 g/mol. The Kier molecular flexibility index (Phi) is 4.31. The molecule has 0 bridgehead atoms. The molecule has 1 aliphatic heterocycles. The second-order valence-corrected chi connectivity index (χ2v) is 5.95. The molecule has 5 nitrogen and oxygen atoms in total. The number of aliphatic hydroxyl groups is 2. The molecule has 0 spiro atoms. The van der Waals surface area contributed by atoms with Crippen molar-refractivity contribution in [2.24, 2.45) is 0 Å². The maximum absolute atomic E-state index is 11.2. The highest BCUT2D eigenvalue weighted by molar-refractivity contribution is 7.91. The lowest BCUT2D eigenvalue weighted by Crippen LogP contribution is -2.36. The van der Waals surface area contributed by atoms with Gasteiger partial charge in [-0.3, -0.25) is 4.90 Å². The van der Waals surface area contributed by atoms with Crippen molar-refractivity contribution in [2.75, 3.05) is 37.7 Å². The number of aliphatic hydroxyl groups excluding tert-OH is 2. The van der Waals surface area contributed by atoms with Crippen LogP contribution >= 0.6 is 0 Å². The first kappa shape index (κ1) is 11.9. The summed E-state index contributed by atoms with van der Waals surface area (Å²) < 4.78 is 22.5. The van der Waals surface area contributed by atoms with Gasteiger partial charge in [-0.1, -0.05) is 0 Å². The normalized spacial score (nSPS) is 25.6. The van der Waals surface area contributed by atoms with Crippen LogP contribution in [0.3, 0.4) is 0 Å². The van der Waals surface area contributed by atoms with Gasteiger partial charge in [0.15, 0.2) is 9.84 Å². The number of β-amino-alcohol motifs (C(OH)–C–C–N with tert-alkyl or cyclic N) is 1. The zero-order chi connectivity index (χ0) is 10.6. The molecule has 0 aromatic rings. The van der Waals surface area contributed by atoms with Crippen molar-refractivity contribution >= 4 is 9.84 Å². The summed E-state index contributed by atoms with van der Waals surface area (Å²) in [7, 11) is -2.88. The van der Waals surface area contributed by atoms with Gasteiger partial charge in [0.2, 0.25) is 0 Å². The molecule has 2 N–H and O–H groups in total. The maximum atomic E-state index is 11.2. The topological polar surface area (TPSA) is 77.8 Å². The Bertz CT molecular complexity index is 265. The first-order valence-corrected chi connectivity index (χ1v) is 6.57. The van der Waals surface area contributed by atoms with Crippen LogP contribution in [0.4, 0.5) is 0 Å². The van der Waals surface area contributed by atoms with E-state index < -0.39 is 15.9 Å². The van der Waals surface area contributed by atoms with Crippen molar-refractivity contribution in [3.05, 3.63) is 0 Å². The lowest BCUT2D eigenvalue weighted by atomic mass is 10.3.